The van der Waals surface area contributed by atoms with Gasteiger partial charge in [-0.3, -0.25) is 0 Å². The van der Waals surface area contributed by atoms with Gasteiger partial charge in [0.15, 0.2) is 0 Å². The van der Waals surface area contributed by atoms with Gasteiger partial charge in [0.25, 0.3) is 0 Å². The fraction of sp³-hybridized carbons (Fsp3) is 0.267. The monoisotopic (exact) mass is 296 g/mol. The highest BCUT2D eigenvalue weighted by Gasteiger charge is 2.30. The van der Waals surface area contributed by atoms with Gasteiger partial charge in [-0.15, -0.1) is 0 Å². The van der Waals surface area contributed by atoms with Gasteiger partial charge in [-0.05, 0) is 30.3 Å². The standard InChI is InChI=1S/C15H15F3N2O/c1-2-19-9-11-6-7-14(20-10-11)21-13-5-3-4-12(8-13)15(16,17)18/h3-8,10,19H,2,9H2,1H3. The molecule has 21 heavy (non-hydrogen) atoms. The number of hydrogen-bond acceptors (Lipinski definition) is 3. The minimum absolute atomic E-state index is 0.108. The molecule has 2 aromatic rings. The molecular weight excluding hydrogens is 281 g/mol. The predicted octanol–water partition coefficient (Wildman–Crippen LogP) is 4.00. The fourth-order valence-corrected chi connectivity index (χ4v) is 1.70. The molecule has 112 valence electrons. The first-order chi connectivity index (χ1) is 9.99. The van der Waals surface area contributed by atoms with Crippen LogP contribution in [0.1, 0.15) is 18.1 Å². The molecule has 0 saturated carbocycles. The first kappa shape index (κ1) is 15.3. The molecule has 3 nitrogen and oxygen atoms in total. The summed E-state index contributed by atoms with van der Waals surface area (Å²) in [6.45, 7) is 3.54. The van der Waals surface area contributed by atoms with Crippen molar-refractivity contribution in [2.75, 3.05) is 6.54 Å². The van der Waals surface area contributed by atoms with E-state index < -0.39 is 11.7 Å². The van der Waals surface area contributed by atoms with Crippen molar-refractivity contribution >= 4 is 0 Å². The van der Waals surface area contributed by atoms with E-state index in [0.717, 1.165) is 24.2 Å². The summed E-state index contributed by atoms with van der Waals surface area (Å²) in [4.78, 5) is 4.08. The Kier molecular flexibility index (Phi) is 4.80. The SMILES string of the molecule is CCNCc1ccc(Oc2cccc(C(F)(F)F)c2)nc1. The molecule has 0 atom stereocenters. The first-order valence-corrected chi connectivity index (χ1v) is 6.50. The summed E-state index contributed by atoms with van der Waals surface area (Å²) in [6.07, 6.45) is -2.76. The molecule has 6 heteroatoms. The summed E-state index contributed by atoms with van der Waals surface area (Å²) in [5, 5.41) is 3.15. The number of nitrogens with zero attached hydrogens (tertiary/aromatic N) is 1. The Labute approximate surface area is 120 Å². The molecule has 0 aliphatic heterocycles. The molecule has 0 aliphatic rings. The van der Waals surface area contributed by atoms with E-state index in [4.69, 9.17) is 4.74 Å². The summed E-state index contributed by atoms with van der Waals surface area (Å²) in [5.41, 5.74) is 0.233. The molecule has 2 rings (SSSR count). The third-order valence-corrected chi connectivity index (χ3v) is 2.76. The average molecular weight is 296 g/mol. The van der Waals surface area contributed by atoms with Crippen LogP contribution in [-0.2, 0) is 12.7 Å². The lowest BCUT2D eigenvalue weighted by Gasteiger charge is -2.09. The third kappa shape index (κ3) is 4.46. The van der Waals surface area contributed by atoms with Crippen molar-refractivity contribution < 1.29 is 17.9 Å². The summed E-state index contributed by atoms with van der Waals surface area (Å²) in [5.74, 6) is 0.367. The topological polar surface area (TPSA) is 34.1 Å². The Bertz CT molecular complexity index is 582. The lowest BCUT2D eigenvalue weighted by Crippen LogP contribution is -2.11. The summed E-state index contributed by atoms with van der Waals surface area (Å²) < 4.78 is 43.1. The highest BCUT2D eigenvalue weighted by Crippen LogP contribution is 2.32. The first-order valence-electron chi connectivity index (χ1n) is 6.50. The molecule has 0 saturated heterocycles. The van der Waals surface area contributed by atoms with Gasteiger partial charge in [0.05, 0.1) is 5.56 Å². The minimum Gasteiger partial charge on any atom is -0.439 e. The van der Waals surface area contributed by atoms with E-state index in [1.54, 1.807) is 12.3 Å². The lowest BCUT2D eigenvalue weighted by atomic mass is 10.2. The van der Waals surface area contributed by atoms with Crippen LogP contribution in [0.4, 0.5) is 13.2 Å². The minimum atomic E-state index is -4.39. The maximum atomic E-state index is 12.6. The zero-order chi connectivity index (χ0) is 15.3. The van der Waals surface area contributed by atoms with Gasteiger partial charge in [0, 0.05) is 18.8 Å². The smallest absolute Gasteiger partial charge is 0.416 e. The molecule has 1 heterocycles. The zero-order valence-electron chi connectivity index (χ0n) is 11.4. The second kappa shape index (κ2) is 6.58. The molecule has 1 aromatic heterocycles. The molecule has 0 aliphatic carbocycles. The van der Waals surface area contributed by atoms with Crippen LogP contribution in [0.25, 0.3) is 0 Å². The van der Waals surface area contributed by atoms with Crippen molar-refractivity contribution in [2.24, 2.45) is 0 Å². The fourth-order valence-electron chi connectivity index (χ4n) is 1.70. The quantitative estimate of drug-likeness (QED) is 0.905. The van der Waals surface area contributed by atoms with E-state index in [2.05, 4.69) is 10.3 Å². The highest BCUT2D eigenvalue weighted by molar-refractivity contribution is 5.33. The molecule has 0 unspecified atom stereocenters. The lowest BCUT2D eigenvalue weighted by molar-refractivity contribution is -0.137. The Morgan fingerprint density at radius 1 is 1.19 bits per heavy atom. The van der Waals surface area contributed by atoms with E-state index in [1.165, 1.54) is 12.1 Å². The van der Waals surface area contributed by atoms with E-state index in [-0.39, 0.29) is 11.6 Å². The second-order valence-corrected chi connectivity index (χ2v) is 4.41. The molecular formula is C15H15F3N2O. The summed E-state index contributed by atoms with van der Waals surface area (Å²) in [7, 11) is 0. The molecule has 1 aromatic carbocycles. The zero-order valence-corrected chi connectivity index (χ0v) is 11.4. The average Bonchev–Trinajstić information content (AvgIpc) is 2.46. The van der Waals surface area contributed by atoms with Crippen molar-refractivity contribution in [2.45, 2.75) is 19.6 Å². The highest BCUT2D eigenvalue weighted by atomic mass is 19.4. The largest absolute Gasteiger partial charge is 0.439 e. The van der Waals surface area contributed by atoms with Gasteiger partial charge in [-0.25, -0.2) is 4.98 Å². The Morgan fingerprint density at radius 2 is 2.00 bits per heavy atom. The second-order valence-electron chi connectivity index (χ2n) is 4.41. The number of halogens is 3. The van der Waals surface area contributed by atoms with Crippen LogP contribution in [0.2, 0.25) is 0 Å². The van der Waals surface area contributed by atoms with Gasteiger partial charge in [0.1, 0.15) is 5.75 Å². The molecule has 1 N–H and O–H groups in total. The Morgan fingerprint density at radius 3 is 2.62 bits per heavy atom. The van der Waals surface area contributed by atoms with Gasteiger partial charge in [-0.1, -0.05) is 19.1 Å². The molecule has 0 spiro atoms. The molecule has 0 amide bonds. The van der Waals surface area contributed by atoms with Crippen molar-refractivity contribution in [3.8, 4) is 11.6 Å². The normalized spacial score (nSPS) is 11.4. The van der Waals surface area contributed by atoms with Crippen LogP contribution in [0.5, 0.6) is 11.6 Å². The molecule has 0 radical (unpaired) electrons. The Balaban J connectivity index is 2.08. The van der Waals surface area contributed by atoms with E-state index in [9.17, 15) is 13.2 Å². The van der Waals surface area contributed by atoms with Gasteiger partial charge >= 0.3 is 6.18 Å². The van der Waals surface area contributed by atoms with Crippen LogP contribution >= 0.6 is 0 Å². The van der Waals surface area contributed by atoms with Crippen molar-refractivity contribution in [3.05, 3.63) is 53.7 Å². The van der Waals surface area contributed by atoms with Crippen LogP contribution in [0.3, 0.4) is 0 Å². The van der Waals surface area contributed by atoms with Crippen LogP contribution < -0.4 is 10.1 Å². The number of nitrogens with one attached hydrogen (secondary N) is 1. The van der Waals surface area contributed by atoms with Gasteiger partial charge in [-0.2, -0.15) is 13.2 Å². The number of pyridine rings is 1. The van der Waals surface area contributed by atoms with Gasteiger partial charge in [0.2, 0.25) is 5.88 Å². The predicted molar refractivity (Wildman–Crippen MR) is 73.1 cm³/mol. The number of hydrogen-bond donors (Lipinski definition) is 1. The van der Waals surface area contributed by atoms with E-state index in [0.29, 0.717) is 6.54 Å². The third-order valence-electron chi connectivity index (χ3n) is 2.76. The van der Waals surface area contributed by atoms with Crippen LogP contribution in [0, 0.1) is 0 Å². The summed E-state index contributed by atoms with van der Waals surface area (Å²) >= 11 is 0. The number of benzene rings is 1. The van der Waals surface area contributed by atoms with Crippen LogP contribution in [-0.4, -0.2) is 11.5 Å². The number of ether oxygens (including phenoxy) is 1. The number of alkyl halides is 3. The number of aromatic nitrogens is 1. The van der Waals surface area contributed by atoms with Crippen LogP contribution in [0.15, 0.2) is 42.6 Å². The van der Waals surface area contributed by atoms with E-state index >= 15 is 0 Å². The molecule has 0 fully saturated rings. The van der Waals surface area contributed by atoms with Crippen molar-refractivity contribution in [1.29, 1.82) is 0 Å². The Hall–Kier alpha value is -2.08. The molecule has 0 bridgehead atoms. The van der Waals surface area contributed by atoms with Crippen molar-refractivity contribution in [3.63, 3.8) is 0 Å². The number of rotatable bonds is 5. The van der Waals surface area contributed by atoms with Gasteiger partial charge < -0.3 is 10.1 Å². The maximum absolute atomic E-state index is 12.6. The summed E-state index contributed by atoms with van der Waals surface area (Å²) in [6, 6.07) is 8.17. The maximum Gasteiger partial charge on any atom is 0.416 e. The van der Waals surface area contributed by atoms with Crippen molar-refractivity contribution in [1.82, 2.24) is 10.3 Å². The van der Waals surface area contributed by atoms with E-state index in [1.807, 2.05) is 13.0 Å².